The first-order valence-electron chi connectivity index (χ1n) is 8.82. The first-order valence-corrected chi connectivity index (χ1v) is 9.19. The van der Waals surface area contributed by atoms with Crippen LogP contribution in [0.1, 0.15) is 17.3 Å². The van der Waals surface area contributed by atoms with Crippen molar-refractivity contribution in [3.63, 3.8) is 0 Å². The van der Waals surface area contributed by atoms with Crippen LogP contribution in [0.3, 0.4) is 0 Å². The molecule has 3 rings (SSSR count). The zero-order valence-electron chi connectivity index (χ0n) is 16.2. The van der Waals surface area contributed by atoms with Crippen LogP contribution in [0, 0.1) is 0 Å². The number of methoxy groups -OCH3 is 2. The fraction of sp³-hybridized carbons (Fsp3) is 0.182. The lowest BCUT2D eigenvalue weighted by Gasteiger charge is -2.13. The van der Waals surface area contributed by atoms with Crippen molar-refractivity contribution in [3.8, 4) is 33.9 Å². The van der Waals surface area contributed by atoms with E-state index in [-0.39, 0.29) is 12.2 Å². The van der Waals surface area contributed by atoms with E-state index < -0.39 is 11.6 Å². The van der Waals surface area contributed by atoms with Gasteiger partial charge >= 0.3 is 11.6 Å². The summed E-state index contributed by atoms with van der Waals surface area (Å²) in [6.45, 7) is 1.79. The van der Waals surface area contributed by atoms with Crippen LogP contribution in [0.4, 0.5) is 0 Å². The van der Waals surface area contributed by atoms with Crippen molar-refractivity contribution in [3.05, 3.63) is 69.5 Å². The summed E-state index contributed by atoms with van der Waals surface area (Å²) < 4.78 is 21.1. The number of esters is 1. The van der Waals surface area contributed by atoms with Gasteiger partial charge in [0.1, 0.15) is 5.76 Å². The summed E-state index contributed by atoms with van der Waals surface area (Å²) in [6, 6.07) is 13.6. The van der Waals surface area contributed by atoms with Gasteiger partial charge in [0, 0.05) is 16.1 Å². The minimum absolute atomic E-state index is 0.128. The Hall–Kier alpha value is -3.25. The third-order valence-electron chi connectivity index (χ3n) is 4.25. The van der Waals surface area contributed by atoms with E-state index >= 15 is 0 Å². The molecule has 29 heavy (non-hydrogen) atoms. The van der Waals surface area contributed by atoms with Crippen molar-refractivity contribution in [2.75, 3.05) is 20.8 Å². The predicted molar refractivity (Wildman–Crippen MR) is 110 cm³/mol. The summed E-state index contributed by atoms with van der Waals surface area (Å²) in [7, 11) is 3.03. The monoisotopic (exact) mass is 414 g/mol. The second-order valence-electron chi connectivity index (χ2n) is 5.98. The van der Waals surface area contributed by atoms with Crippen molar-refractivity contribution >= 4 is 17.6 Å². The van der Waals surface area contributed by atoms with E-state index in [1.807, 2.05) is 0 Å². The largest absolute Gasteiger partial charge is 0.493 e. The molecule has 150 valence electrons. The highest BCUT2D eigenvalue weighted by Gasteiger charge is 2.23. The predicted octanol–water partition coefficient (Wildman–Crippen LogP) is 4.82. The smallest absolute Gasteiger partial charge is 0.351 e. The van der Waals surface area contributed by atoms with Gasteiger partial charge in [-0.15, -0.1) is 0 Å². The summed E-state index contributed by atoms with van der Waals surface area (Å²) in [5.74, 6) is 0.522. The Kier molecular flexibility index (Phi) is 6.24. The molecular weight excluding hydrogens is 396 g/mol. The zero-order chi connectivity index (χ0) is 21.0. The molecule has 0 amide bonds. The first kappa shape index (κ1) is 20.5. The van der Waals surface area contributed by atoms with Gasteiger partial charge < -0.3 is 18.6 Å². The van der Waals surface area contributed by atoms with E-state index in [1.54, 1.807) is 55.5 Å². The molecule has 3 aromatic rings. The Morgan fingerprint density at radius 3 is 2.24 bits per heavy atom. The van der Waals surface area contributed by atoms with Crippen LogP contribution >= 0.6 is 11.6 Å². The summed E-state index contributed by atoms with van der Waals surface area (Å²) in [4.78, 5) is 25.2. The molecule has 0 aliphatic heterocycles. The fourth-order valence-electron chi connectivity index (χ4n) is 2.88. The van der Waals surface area contributed by atoms with Crippen molar-refractivity contribution in [2.45, 2.75) is 6.92 Å². The maximum Gasteiger partial charge on any atom is 0.351 e. The molecule has 0 N–H and O–H groups in total. The van der Waals surface area contributed by atoms with Gasteiger partial charge in [-0.2, -0.15) is 0 Å². The van der Waals surface area contributed by atoms with Crippen LogP contribution in [0.25, 0.3) is 22.5 Å². The molecule has 0 aliphatic rings. The average Bonchev–Trinajstić information content (AvgIpc) is 2.73. The molecule has 1 aromatic heterocycles. The number of carbonyl (C=O) groups excluding carboxylic acids is 1. The van der Waals surface area contributed by atoms with Crippen molar-refractivity contribution in [1.82, 2.24) is 0 Å². The molecule has 0 unspecified atom stereocenters. The van der Waals surface area contributed by atoms with Crippen LogP contribution in [-0.2, 0) is 4.74 Å². The van der Waals surface area contributed by atoms with Crippen molar-refractivity contribution in [1.29, 1.82) is 0 Å². The minimum atomic E-state index is -0.791. The molecular formula is C22H19ClO6. The maximum atomic E-state index is 12.7. The summed E-state index contributed by atoms with van der Waals surface area (Å²) in [5, 5.41) is 0.555. The third-order valence-corrected chi connectivity index (χ3v) is 4.51. The Balaban J connectivity index is 2.25. The summed E-state index contributed by atoms with van der Waals surface area (Å²) in [6.07, 6.45) is 0. The van der Waals surface area contributed by atoms with Crippen LogP contribution in [0.5, 0.6) is 11.5 Å². The maximum absolute atomic E-state index is 12.7. The molecule has 0 fully saturated rings. The van der Waals surface area contributed by atoms with E-state index in [0.29, 0.717) is 39.0 Å². The number of hydrogen-bond acceptors (Lipinski definition) is 6. The standard InChI is InChI=1S/C22H19ClO6/c1-4-28-21(24)20-16(14-7-10-17(26-2)19(11-14)27-3)12-18(29-22(20)25)13-5-8-15(23)9-6-13/h5-12H,4H2,1-3H3. The Bertz CT molecular complexity index is 1090. The molecule has 0 spiro atoms. The number of rotatable bonds is 6. The highest BCUT2D eigenvalue weighted by molar-refractivity contribution is 6.30. The molecule has 0 saturated carbocycles. The summed E-state index contributed by atoms with van der Waals surface area (Å²) >= 11 is 5.94. The molecule has 0 radical (unpaired) electrons. The fourth-order valence-corrected chi connectivity index (χ4v) is 3.00. The topological polar surface area (TPSA) is 75.0 Å². The van der Waals surface area contributed by atoms with Gasteiger partial charge in [0.15, 0.2) is 17.1 Å². The Morgan fingerprint density at radius 1 is 0.966 bits per heavy atom. The molecule has 6 nitrogen and oxygen atoms in total. The van der Waals surface area contributed by atoms with Crippen LogP contribution in [-0.4, -0.2) is 26.8 Å². The second kappa shape index (κ2) is 8.84. The van der Waals surface area contributed by atoms with Crippen LogP contribution < -0.4 is 15.1 Å². The SMILES string of the molecule is CCOC(=O)c1c(-c2ccc(OC)c(OC)c2)cc(-c2ccc(Cl)cc2)oc1=O. The highest BCUT2D eigenvalue weighted by atomic mass is 35.5. The van der Waals surface area contributed by atoms with Gasteiger partial charge in [-0.3, -0.25) is 0 Å². The lowest BCUT2D eigenvalue weighted by molar-refractivity contribution is 0.0522. The molecule has 2 aromatic carbocycles. The molecule has 1 heterocycles. The molecule has 0 aliphatic carbocycles. The normalized spacial score (nSPS) is 10.5. The Labute approximate surface area is 172 Å². The molecule has 0 atom stereocenters. The van der Waals surface area contributed by atoms with Crippen LogP contribution in [0.2, 0.25) is 5.02 Å². The van der Waals surface area contributed by atoms with E-state index in [1.165, 1.54) is 14.2 Å². The van der Waals surface area contributed by atoms with Gasteiger partial charge in [-0.05, 0) is 55.0 Å². The zero-order valence-corrected chi connectivity index (χ0v) is 16.9. The number of benzene rings is 2. The van der Waals surface area contributed by atoms with Crippen LogP contribution in [0.15, 0.2) is 57.7 Å². The highest BCUT2D eigenvalue weighted by Crippen LogP contribution is 2.35. The van der Waals surface area contributed by atoms with E-state index in [0.717, 1.165) is 0 Å². The van der Waals surface area contributed by atoms with Gasteiger partial charge in [0.2, 0.25) is 0 Å². The van der Waals surface area contributed by atoms with E-state index in [9.17, 15) is 9.59 Å². The molecule has 7 heteroatoms. The van der Waals surface area contributed by atoms with Gasteiger partial charge in [0.25, 0.3) is 0 Å². The molecule has 0 saturated heterocycles. The second-order valence-corrected chi connectivity index (χ2v) is 6.42. The van der Waals surface area contributed by atoms with Gasteiger partial charge in [-0.25, -0.2) is 9.59 Å². The number of hydrogen-bond donors (Lipinski definition) is 0. The third kappa shape index (κ3) is 4.27. The molecule has 0 bridgehead atoms. The van der Waals surface area contributed by atoms with Crippen molar-refractivity contribution in [2.24, 2.45) is 0 Å². The lowest BCUT2D eigenvalue weighted by Crippen LogP contribution is -2.18. The van der Waals surface area contributed by atoms with Gasteiger partial charge in [0.05, 0.1) is 20.8 Å². The quantitative estimate of drug-likeness (QED) is 0.538. The lowest BCUT2D eigenvalue weighted by atomic mass is 9.99. The van der Waals surface area contributed by atoms with E-state index in [4.69, 9.17) is 30.2 Å². The minimum Gasteiger partial charge on any atom is -0.493 e. The van der Waals surface area contributed by atoms with E-state index in [2.05, 4.69) is 0 Å². The average molecular weight is 415 g/mol. The summed E-state index contributed by atoms with van der Waals surface area (Å²) in [5.41, 5.74) is 0.612. The Morgan fingerprint density at radius 2 is 1.62 bits per heavy atom. The first-order chi connectivity index (χ1) is 14.0. The number of carbonyl (C=O) groups is 1. The van der Waals surface area contributed by atoms with Crippen molar-refractivity contribution < 1.29 is 23.4 Å². The van der Waals surface area contributed by atoms with Gasteiger partial charge in [-0.1, -0.05) is 17.7 Å². The number of ether oxygens (including phenoxy) is 3. The number of halogens is 1.